The molecule has 1 rings (SSSR count). The average molecular weight is 280 g/mol. The molecule has 100 valence electrons. The first-order chi connectivity index (χ1) is 8.51. The van der Waals surface area contributed by atoms with Crippen LogP contribution in [0.3, 0.4) is 0 Å². The third kappa shape index (κ3) is 3.29. The first-order valence-corrected chi connectivity index (χ1v) is 5.54. The lowest BCUT2D eigenvalue weighted by molar-refractivity contribution is -0.142. The second-order valence-electron chi connectivity index (χ2n) is 3.30. The van der Waals surface area contributed by atoms with Gasteiger partial charge in [-0.1, -0.05) is 11.6 Å². The smallest absolute Gasteiger partial charge is 0.310 e. The highest BCUT2D eigenvalue weighted by Crippen LogP contribution is 2.35. The van der Waals surface area contributed by atoms with Gasteiger partial charge >= 0.3 is 5.97 Å². The minimum Gasteiger partial charge on any atom is -0.495 e. The molecular weight excluding hydrogens is 268 g/mol. The van der Waals surface area contributed by atoms with Gasteiger partial charge in [-0.05, 0) is 6.92 Å². The number of ether oxygens (including phenoxy) is 2. The van der Waals surface area contributed by atoms with Crippen molar-refractivity contribution in [1.82, 2.24) is 4.98 Å². The monoisotopic (exact) mass is 279 g/mol. The third-order valence-electron chi connectivity index (χ3n) is 2.13. The fraction of sp³-hybridized carbons (Fsp3) is 0.455. The van der Waals surface area contributed by atoms with E-state index in [1.54, 1.807) is 6.92 Å². The summed E-state index contributed by atoms with van der Waals surface area (Å²) in [7, 11) is 1.28. The molecule has 0 unspecified atom stereocenters. The van der Waals surface area contributed by atoms with Gasteiger partial charge in [0.1, 0.15) is 16.5 Å². The number of hydrogen-bond acceptors (Lipinski definition) is 4. The summed E-state index contributed by atoms with van der Waals surface area (Å²) in [4.78, 5) is 14.8. The van der Waals surface area contributed by atoms with Gasteiger partial charge in [0.25, 0.3) is 6.43 Å². The van der Waals surface area contributed by atoms with Crippen LogP contribution in [0.4, 0.5) is 8.78 Å². The number of carbonyl (C=O) groups is 1. The summed E-state index contributed by atoms with van der Waals surface area (Å²) in [5.74, 6) is -0.478. The Morgan fingerprint density at radius 1 is 1.56 bits per heavy atom. The molecule has 4 nitrogen and oxygen atoms in total. The largest absolute Gasteiger partial charge is 0.495 e. The van der Waals surface area contributed by atoms with Crippen molar-refractivity contribution in [3.8, 4) is 5.75 Å². The summed E-state index contributed by atoms with van der Waals surface area (Å²) < 4.78 is 34.8. The number of esters is 1. The van der Waals surface area contributed by atoms with Crippen molar-refractivity contribution in [1.29, 1.82) is 0 Å². The van der Waals surface area contributed by atoms with Gasteiger partial charge in [-0.3, -0.25) is 9.78 Å². The molecule has 0 fully saturated rings. The molecule has 0 spiro atoms. The van der Waals surface area contributed by atoms with Crippen molar-refractivity contribution in [2.45, 2.75) is 19.8 Å². The molecule has 0 bridgehead atoms. The van der Waals surface area contributed by atoms with Crippen LogP contribution in [0.25, 0.3) is 0 Å². The van der Waals surface area contributed by atoms with E-state index in [0.29, 0.717) is 5.56 Å². The van der Waals surface area contributed by atoms with Gasteiger partial charge in [-0.2, -0.15) is 0 Å². The fourth-order valence-corrected chi connectivity index (χ4v) is 1.72. The maximum absolute atomic E-state index is 12.6. The minimum absolute atomic E-state index is 0.0232. The number of alkyl halides is 2. The van der Waals surface area contributed by atoms with Crippen molar-refractivity contribution in [2.24, 2.45) is 0 Å². The number of methoxy groups -OCH3 is 1. The molecular formula is C11H12ClF2NO3. The number of carbonyl (C=O) groups excluding carboxylic acids is 1. The standard InChI is InChI=1S/C11H12ClF2NO3/c1-3-18-7(16)4-6-5-15-9(11(13)14)8(12)10(6)17-2/h5,11H,3-4H2,1-2H3. The van der Waals surface area contributed by atoms with Crippen LogP contribution in [0.2, 0.25) is 5.02 Å². The molecule has 7 heteroatoms. The second kappa shape index (κ2) is 6.49. The van der Waals surface area contributed by atoms with Gasteiger partial charge in [0.15, 0.2) is 0 Å². The maximum atomic E-state index is 12.6. The zero-order valence-electron chi connectivity index (χ0n) is 9.87. The maximum Gasteiger partial charge on any atom is 0.310 e. The Labute approximate surface area is 108 Å². The zero-order valence-corrected chi connectivity index (χ0v) is 10.6. The van der Waals surface area contributed by atoms with Crippen LogP contribution in [0.15, 0.2) is 6.20 Å². The van der Waals surface area contributed by atoms with Crippen molar-refractivity contribution in [3.63, 3.8) is 0 Å². The van der Waals surface area contributed by atoms with E-state index in [4.69, 9.17) is 21.1 Å². The lowest BCUT2D eigenvalue weighted by Gasteiger charge is -2.12. The van der Waals surface area contributed by atoms with Crippen LogP contribution >= 0.6 is 11.6 Å². The molecule has 0 N–H and O–H groups in total. The van der Waals surface area contributed by atoms with Crippen LogP contribution in [0.1, 0.15) is 24.6 Å². The van der Waals surface area contributed by atoms with Gasteiger partial charge in [0.05, 0.1) is 20.1 Å². The van der Waals surface area contributed by atoms with E-state index in [2.05, 4.69) is 4.98 Å². The van der Waals surface area contributed by atoms with Crippen molar-refractivity contribution in [3.05, 3.63) is 22.5 Å². The number of rotatable bonds is 5. The number of halogens is 3. The highest BCUT2D eigenvalue weighted by Gasteiger charge is 2.21. The average Bonchev–Trinajstić information content (AvgIpc) is 2.29. The molecule has 1 aromatic heterocycles. The Hall–Kier alpha value is -1.43. The van der Waals surface area contributed by atoms with Gasteiger partial charge in [0.2, 0.25) is 0 Å². The summed E-state index contributed by atoms with van der Waals surface area (Å²) in [6, 6.07) is 0. The summed E-state index contributed by atoms with van der Waals surface area (Å²) in [6.07, 6.45) is -1.79. The molecule has 0 aliphatic rings. The highest BCUT2D eigenvalue weighted by molar-refractivity contribution is 6.32. The van der Waals surface area contributed by atoms with Crippen LogP contribution < -0.4 is 4.74 Å². The normalized spacial score (nSPS) is 10.6. The summed E-state index contributed by atoms with van der Waals surface area (Å²) in [6.45, 7) is 1.90. The predicted molar refractivity (Wildman–Crippen MR) is 61.1 cm³/mol. The lowest BCUT2D eigenvalue weighted by Crippen LogP contribution is -2.10. The Morgan fingerprint density at radius 3 is 2.72 bits per heavy atom. The lowest BCUT2D eigenvalue weighted by atomic mass is 10.1. The SMILES string of the molecule is CCOC(=O)Cc1cnc(C(F)F)c(Cl)c1OC. The quantitative estimate of drug-likeness (QED) is 0.778. The topological polar surface area (TPSA) is 48.4 Å². The Balaban J connectivity index is 3.07. The number of aromatic nitrogens is 1. The van der Waals surface area contributed by atoms with Crippen LogP contribution in [-0.2, 0) is 16.0 Å². The van der Waals surface area contributed by atoms with E-state index in [0.717, 1.165) is 6.20 Å². The Bertz CT molecular complexity index is 441. The Kier molecular flexibility index (Phi) is 5.27. The molecule has 0 aliphatic carbocycles. The van der Waals surface area contributed by atoms with Crippen LogP contribution in [-0.4, -0.2) is 24.7 Å². The molecule has 0 atom stereocenters. The van der Waals surface area contributed by atoms with E-state index in [1.165, 1.54) is 7.11 Å². The molecule has 0 amide bonds. The fourth-order valence-electron chi connectivity index (χ4n) is 1.39. The first-order valence-electron chi connectivity index (χ1n) is 5.16. The van der Waals surface area contributed by atoms with E-state index in [1.807, 2.05) is 0 Å². The first kappa shape index (κ1) is 14.6. The second-order valence-corrected chi connectivity index (χ2v) is 3.68. The number of pyridine rings is 1. The molecule has 1 aromatic rings. The molecule has 0 aliphatic heterocycles. The molecule has 0 radical (unpaired) electrons. The minimum atomic E-state index is -2.80. The molecule has 1 heterocycles. The van der Waals surface area contributed by atoms with Crippen LogP contribution in [0.5, 0.6) is 5.75 Å². The van der Waals surface area contributed by atoms with Crippen molar-refractivity contribution in [2.75, 3.05) is 13.7 Å². The Morgan fingerprint density at radius 2 is 2.22 bits per heavy atom. The highest BCUT2D eigenvalue weighted by atomic mass is 35.5. The van der Waals surface area contributed by atoms with Crippen molar-refractivity contribution < 1.29 is 23.0 Å². The molecule has 0 aromatic carbocycles. The van der Waals surface area contributed by atoms with E-state index in [9.17, 15) is 13.6 Å². The molecule has 0 saturated heterocycles. The third-order valence-corrected chi connectivity index (χ3v) is 2.49. The van der Waals surface area contributed by atoms with E-state index in [-0.39, 0.29) is 23.8 Å². The predicted octanol–water partition coefficient (Wildman–Crippen LogP) is 2.79. The molecule has 0 saturated carbocycles. The molecule has 18 heavy (non-hydrogen) atoms. The summed E-state index contributed by atoms with van der Waals surface area (Å²) in [5.41, 5.74) is -0.258. The van der Waals surface area contributed by atoms with Gasteiger partial charge in [-0.15, -0.1) is 0 Å². The number of nitrogens with zero attached hydrogens (tertiary/aromatic N) is 1. The van der Waals surface area contributed by atoms with Gasteiger partial charge < -0.3 is 9.47 Å². The van der Waals surface area contributed by atoms with Crippen molar-refractivity contribution >= 4 is 17.6 Å². The van der Waals surface area contributed by atoms with Crippen LogP contribution in [0, 0.1) is 0 Å². The van der Waals surface area contributed by atoms with Gasteiger partial charge in [-0.25, -0.2) is 8.78 Å². The van der Waals surface area contributed by atoms with Gasteiger partial charge in [0, 0.05) is 11.8 Å². The zero-order chi connectivity index (χ0) is 13.7. The summed E-state index contributed by atoms with van der Waals surface area (Å²) >= 11 is 5.75. The van der Waals surface area contributed by atoms with E-state index >= 15 is 0 Å². The summed E-state index contributed by atoms with van der Waals surface area (Å²) in [5, 5.41) is -0.283. The number of hydrogen-bond donors (Lipinski definition) is 0. The van der Waals surface area contributed by atoms with E-state index < -0.39 is 18.1 Å².